The third-order valence-corrected chi connectivity index (χ3v) is 4.25. The molecule has 0 saturated heterocycles. The second-order valence-corrected chi connectivity index (χ2v) is 6.43. The molecule has 0 aliphatic rings. The topological polar surface area (TPSA) is 58.9 Å². The summed E-state index contributed by atoms with van der Waals surface area (Å²) in [6.45, 7) is 2.35. The van der Waals surface area contributed by atoms with Crippen LogP contribution < -0.4 is 9.47 Å². The van der Waals surface area contributed by atoms with Crippen LogP contribution in [-0.4, -0.2) is 16.3 Å². The van der Waals surface area contributed by atoms with Gasteiger partial charge in [0.15, 0.2) is 0 Å². The highest BCUT2D eigenvalue weighted by atomic mass is 16.5. The molecule has 4 nitrogen and oxygen atoms in total. The Balaban J connectivity index is 1.77. The Morgan fingerprint density at radius 1 is 0.741 bits per heavy atom. The number of aliphatic hydroxyl groups excluding tert-OH is 2. The van der Waals surface area contributed by atoms with Crippen LogP contribution in [0, 0.1) is 0 Å². The molecule has 2 atom stereocenters. The van der Waals surface area contributed by atoms with Crippen LogP contribution in [0.2, 0.25) is 0 Å². The minimum Gasteiger partial charge on any atom is -0.489 e. The molecule has 0 radical (unpaired) electrons. The largest absolute Gasteiger partial charge is 0.489 e. The first-order valence-corrected chi connectivity index (χ1v) is 8.97. The zero-order valence-corrected chi connectivity index (χ0v) is 15.3. The maximum atomic E-state index is 10.3. The van der Waals surface area contributed by atoms with Gasteiger partial charge in [-0.3, -0.25) is 0 Å². The lowest BCUT2D eigenvalue weighted by molar-refractivity contribution is 0.0284. The second-order valence-electron chi connectivity index (χ2n) is 6.43. The molecule has 2 unspecified atom stereocenters. The van der Waals surface area contributed by atoms with Crippen LogP contribution in [0.25, 0.3) is 0 Å². The van der Waals surface area contributed by atoms with E-state index >= 15 is 0 Å². The minimum absolute atomic E-state index is 0.364. The van der Waals surface area contributed by atoms with E-state index in [9.17, 15) is 10.2 Å². The standard InChI is InChI=1S/C23H24O4/c1-17(24)23(25)21-13-12-20(26-15-18-8-4-2-5-9-18)14-22(21)27-16-19-10-6-3-7-11-19/h2-14,17,23-25H,15-16H2,1H3. The minimum atomic E-state index is -1.03. The molecule has 4 heteroatoms. The molecule has 0 aliphatic heterocycles. The molecule has 3 aromatic carbocycles. The molecule has 0 aliphatic carbocycles. The lowest BCUT2D eigenvalue weighted by Gasteiger charge is -2.19. The van der Waals surface area contributed by atoms with Crippen LogP contribution in [0.15, 0.2) is 78.9 Å². The number of hydrogen-bond donors (Lipinski definition) is 2. The fourth-order valence-electron chi connectivity index (χ4n) is 2.71. The van der Waals surface area contributed by atoms with E-state index in [1.54, 1.807) is 25.1 Å². The molecular weight excluding hydrogens is 340 g/mol. The Labute approximate surface area is 159 Å². The quantitative estimate of drug-likeness (QED) is 0.627. The molecule has 0 saturated carbocycles. The average Bonchev–Trinajstić information content (AvgIpc) is 2.71. The van der Waals surface area contributed by atoms with Crippen molar-refractivity contribution in [1.29, 1.82) is 0 Å². The van der Waals surface area contributed by atoms with Gasteiger partial charge >= 0.3 is 0 Å². The Morgan fingerprint density at radius 2 is 1.30 bits per heavy atom. The lowest BCUT2D eigenvalue weighted by Crippen LogP contribution is -2.15. The predicted octanol–water partition coefficient (Wildman–Crippen LogP) is 4.26. The summed E-state index contributed by atoms with van der Waals surface area (Å²) in [5.41, 5.74) is 2.62. The van der Waals surface area contributed by atoms with E-state index in [-0.39, 0.29) is 0 Å². The van der Waals surface area contributed by atoms with Gasteiger partial charge in [0.05, 0.1) is 6.10 Å². The lowest BCUT2D eigenvalue weighted by atomic mass is 10.0. The molecule has 3 rings (SSSR count). The SMILES string of the molecule is CC(O)C(O)c1ccc(OCc2ccccc2)cc1OCc1ccccc1. The van der Waals surface area contributed by atoms with Gasteiger partial charge in [0.25, 0.3) is 0 Å². The summed E-state index contributed by atoms with van der Waals surface area (Å²) in [6, 6.07) is 25.0. The van der Waals surface area contributed by atoms with Gasteiger partial charge in [0, 0.05) is 11.6 Å². The van der Waals surface area contributed by atoms with Gasteiger partial charge in [0.1, 0.15) is 30.8 Å². The third-order valence-electron chi connectivity index (χ3n) is 4.25. The molecule has 0 fully saturated rings. The molecule has 0 heterocycles. The van der Waals surface area contributed by atoms with Crippen LogP contribution in [0.1, 0.15) is 29.7 Å². The number of aliphatic hydroxyl groups is 2. The highest BCUT2D eigenvalue weighted by Crippen LogP contribution is 2.32. The van der Waals surface area contributed by atoms with E-state index in [1.165, 1.54) is 0 Å². The van der Waals surface area contributed by atoms with Crippen molar-refractivity contribution >= 4 is 0 Å². The summed E-state index contributed by atoms with van der Waals surface area (Å²) in [5, 5.41) is 20.1. The summed E-state index contributed by atoms with van der Waals surface area (Å²) >= 11 is 0. The fourth-order valence-corrected chi connectivity index (χ4v) is 2.71. The molecule has 0 spiro atoms. The summed E-state index contributed by atoms with van der Waals surface area (Å²) in [6.07, 6.45) is -1.93. The van der Waals surface area contributed by atoms with Crippen LogP contribution in [0.5, 0.6) is 11.5 Å². The zero-order chi connectivity index (χ0) is 19.1. The molecule has 140 valence electrons. The van der Waals surface area contributed by atoms with Crippen LogP contribution in [0.4, 0.5) is 0 Å². The Bertz CT molecular complexity index is 832. The summed E-state index contributed by atoms with van der Waals surface area (Å²) in [5.74, 6) is 1.14. The first-order chi connectivity index (χ1) is 13.1. The van der Waals surface area contributed by atoms with Crippen molar-refractivity contribution in [3.63, 3.8) is 0 Å². The van der Waals surface area contributed by atoms with E-state index in [0.717, 1.165) is 11.1 Å². The third kappa shape index (κ3) is 5.33. The Hall–Kier alpha value is -2.82. The molecular formula is C23H24O4. The molecule has 2 N–H and O–H groups in total. The van der Waals surface area contributed by atoms with Crippen molar-refractivity contribution in [1.82, 2.24) is 0 Å². The van der Waals surface area contributed by atoms with Crippen LogP contribution in [0.3, 0.4) is 0 Å². The van der Waals surface area contributed by atoms with Crippen molar-refractivity contribution in [2.24, 2.45) is 0 Å². The van der Waals surface area contributed by atoms with E-state index in [2.05, 4.69) is 0 Å². The monoisotopic (exact) mass is 364 g/mol. The Morgan fingerprint density at radius 3 is 1.85 bits per heavy atom. The number of hydrogen-bond acceptors (Lipinski definition) is 4. The van der Waals surface area contributed by atoms with Crippen molar-refractivity contribution in [3.05, 3.63) is 95.6 Å². The van der Waals surface area contributed by atoms with Gasteiger partial charge in [-0.1, -0.05) is 60.7 Å². The van der Waals surface area contributed by atoms with E-state index in [0.29, 0.717) is 30.3 Å². The fraction of sp³-hybridized carbons (Fsp3) is 0.217. The molecule has 0 bridgehead atoms. The van der Waals surface area contributed by atoms with Crippen molar-refractivity contribution in [2.45, 2.75) is 32.3 Å². The van der Waals surface area contributed by atoms with Crippen molar-refractivity contribution in [3.8, 4) is 11.5 Å². The maximum absolute atomic E-state index is 10.3. The summed E-state index contributed by atoms with van der Waals surface area (Å²) < 4.78 is 11.8. The first-order valence-electron chi connectivity index (χ1n) is 8.97. The second kappa shape index (κ2) is 9.21. The zero-order valence-electron chi connectivity index (χ0n) is 15.3. The summed E-state index contributed by atoms with van der Waals surface area (Å²) in [4.78, 5) is 0. The van der Waals surface area contributed by atoms with Gasteiger partial charge in [-0.2, -0.15) is 0 Å². The van der Waals surface area contributed by atoms with Gasteiger partial charge in [0.2, 0.25) is 0 Å². The van der Waals surface area contributed by atoms with Gasteiger partial charge in [-0.15, -0.1) is 0 Å². The Kier molecular flexibility index (Phi) is 6.47. The highest BCUT2D eigenvalue weighted by molar-refractivity contribution is 5.42. The average molecular weight is 364 g/mol. The smallest absolute Gasteiger partial charge is 0.129 e. The molecule has 27 heavy (non-hydrogen) atoms. The van der Waals surface area contributed by atoms with Crippen molar-refractivity contribution < 1.29 is 19.7 Å². The van der Waals surface area contributed by atoms with Gasteiger partial charge in [-0.05, 0) is 30.2 Å². The van der Waals surface area contributed by atoms with E-state index in [1.807, 2.05) is 60.7 Å². The van der Waals surface area contributed by atoms with Crippen LogP contribution in [-0.2, 0) is 13.2 Å². The number of ether oxygens (including phenoxy) is 2. The molecule has 0 amide bonds. The number of benzene rings is 3. The number of rotatable bonds is 8. The molecule has 0 aromatic heterocycles. The maximum Gasteiger partial charge on any atom is 0.129 e. The highest BCUT2D eigenvalue weighted by Gasteiger charge is 2.19. The van der Waals surface area contributed by atoms with Crippen molar-refractivity contribution in [2.75, 3.05) is 0 Å². The van der Waals surface area contributed by atoms with Gasteiger partial charge in [-0.25, -0.2) is 0 Å². The molecule has 3 aromatic rings. The van der Waals surface area contributed by atoms with E-state index in [4.69, 9.17) is 9.47 Å². The normalized spacial score (nSPS) is 13.0. The summed E-state index contributed by atoms with van der Waals surface area (Å²) in [7, 11) is 0. The van der Waals surface area contributed by atoms with Crippen LogP contribution >= 0.6 is 0 Å². The van der Waals surface area contributed by atoms with E-state index < -0.39 is 12.2 Å². The van der Waals surface area contributed by atoms with Gasteiger partial charge < -0.3 is 19.7 Å². The predicted molar refractivity (Wildman–Crippen MR) is 105 cm³/mol. The first kappa shape index (κ1) is 19.0.